The molecule has 0 aromatic heterocycles. The standard InChI is InChI=1S/C16H21ClO3/c1-10-8-19-13-4-3-12(7-14(13)20-9-10)15(17)16-11(2)5-6-18-16/h3-4,7,10-11,15-16H,5-6,8-9H2,1-2H3. The second kappa shape index (κ2) is 5.82. The van der Waals surface area contributed by atoms with Crippen LogP contribution in [0.5, 0.6) is 11.5 Å². The van der Waals surface area contributed by atoms with E-state index in [2.05, 4.69) is 13.8 Å². The molecule has 1 aromatic rings. The van der Waals surface area contributed by atoms with Crippen molar-refractivity contribution in [2.24, 2.45) is 11.8 Å². The van der Waals surface area contributed by atoms with Crippen molar-refractivity contribution in [1.29, 1.82) is 0 Å². The molecule has 1 saturated heterocycles. The third-order valence-electron chi connectivity index (χ3n) is 4.07. The van der Waals surface area contributed by atoms with Crippen LogP contribution in [0, 0.1) is 11.8 Å². The third-order valence-corrected chi connectivity index (χ3v) is 4.57. The van der Waals surface area contributed by atoms with Crippen molar-refractivity contribution in [3.63, 3.8) is 0 Å². The van der Waals surface area contributed by atoms with Gasteiger partial charge in [-0.05, 0) is 30.0 Å². The van der Waals surface area contributed by atoms with E-state index in [1.807, 2.05) is 18.2 Å². The Morgan fingerprint density at radius 1 is 1.15 bits per heavy atom. The highest BCUT2D eigenvalue weighted by molar-refractivity contribution is 6.21. The first kappa shape index (κ1) is 14.0. The Labute approximate surface area is 125 Å². The number of hydrogen-bond donors (Lipinski definition) is 0. The minimum absolute atomic E-state index is 0.0836. The highest BCUT2D eigenvalue weighted by Gasteiger charge is 2.32. The topological polar surface area (TPSA) is 27.7 Å². The first-order valence-corrected chi connectivity index (χ1v) is 7.74. The minimum atomic E-state index is -0.137. The van der Waals surface area contributed by atoms with E-state index >= 15 is 0 Å². The lowest BCUT2D eigenvalue weighted by molar-refractivity contribution is 0.0903. The van der Waals surface area contributed by atoms with Crippen molar-refractivity contribution < 1.29 is 14.2 Å². The highest BCUT2D eigenvalue weighted by atomic mass is 35.5. The van der Waals surface area contributed by atoms with Gasteiger partial charge >= 0.3 is 0 Å². The van der Waals surface area contributed by atoms with E-state index < -0.39 is 0 Å². The van der Waals surface area contributed by atoms with Gasteiger partial charge < -0.3 is 14.2 Å². The van der Waals surface area contributed by atoms with Gasteiger partial charge in [-0.2, -0.15) is 0 Å². The molecule has 20 heavy (non-hydrogen) atoms. The molecule has 1 aromatic carbocycles. The van der Waals surface area contributed by atoms with E-state index in [0.717, 1.165) is 30.1 Å². The second-order valence-corrected chi connectivity index (χ2v) is 6.41. The number of ether oxygens (including phenoxy) is 3. The van der Waals surface area contributed by atoms with Crippen molar-refractivity contribution in [3.8, 4) is 11.5 Å². The molecule has 3 nitrogen and oxygen atoms in total. The van der Waals surface area contributed by atoms with Gasteiger partial charge in [0.25, 0.3) is 0 Å². The van der Waals surface area contributed by atoms with Gasteiger partial charge in [-0.15, -0.1) is 11.6 Å². The molecule has 2 aliphatic heterocycles. The molecule has 0 saturated carbocycles. The fourth-order valence-electron chi connectivity index (χ4n) is 2.72. The quantitative estimate of drug-likeness (QED) is 0.777. The monoisotopic (exact) mass is 296 g/mol. The summed E-state index contributed by atoms with van der Waals surface area (Å²) >= 11 is 6.60. The Morgan fingerprint density at radius 2 is 1.90 bits per heavy atom. The zero-order valence-corrected chi connectivity index (χ0v) is 12.7. The van der Waals surface area contributed by atoms with Crippen molar-refractivity contribution in [2.45, 2.75) is 31.7 Å². The smallest absolute Gasteiger partial charge is 0.161 e. The Balaban J connectivity index is 1.81. The Bertz CT molecular complexity index is 477. The van der Waals surface area contributed by atoms with E-state index in [1.54, 1.807) is 0 Å². The molecule has 0 amide bonds. The molecule has 4 unspecified atom stereocenters. The molecule has 4 atom stereocenters. The Hall–Kier alpha value is -0.930. The highest BCUT2D eigenvalue weighted by Crippen LogP contribution is 2.39. The summed E-state index contributed by atoms with van der Waals surface area (Å²) in [4.78, 5) is 0. The summed E-state index contributed by atoms with van der Waals surface area (Å²) in [5, 5.41) is -0.137. The predicted molar refractivity (Wildman–Crippen MR) is 78.7 cm³/mol. The maximum atomic E-state index is 6.60. The molecule has 0 bridgehead atoms. The molecule has 4 heteroatoms. The lowest BCUT2D eigenvalue weighted by Crippen LogP contribution is -2.19. The SMILES string of the molecule is CC1COc2ccc(C(Cl)C3OCCC3C)cc2OC1. The summed E-state index contributed by atoms with van der Waals surface area (Å²) < 4.78 is 17.3. The predicted octanol–water partition coefficient (Wildman–Crippen LogP) is 3.80. The number of alkyl halides is 1. The zero-order valence-electron chi connectivity index (χ0n) is 12.0. The van der Waals surface area contributed by atoms with Gasteiger partial charge in [0.15, 0.2) is 11.5 Å². The van der Waals surface area contributed by atoms with E-state index in [1.165, 1.54) is 0 Å². The van der Waals surface area contributed by atoms with Gasteiger partial charge in [0.1, 0.15) is 0 Å². The van der Waals surface area contributed by atoms with Crippen LogP contribution >= 0.6 is 11.6 Å². The summed E-state index contributed by atoms with van der Waals surface area (Å²) in [6.45, 7) is 6.49. The number of halogens is 1. The maximum Gasteiger partial charge on any atom is 0.161 e. The molecular weight excluding hydrogens is 276 g/mol. The van der Waals surface area contributed by atoms with Crippen LogP contribution in [-0.4, -0.2) is 25.9 Å². The zero-order chi connectivity index (χ0) is 14.1. The van der Waals surface area contributed by atoms with Gasteiger partial charge in [-0.3, -0.25) is 0 Å². The number of rotatable bonds is 2. The first-order chi connectivity index (χ1) is 9.65. The average Bonchev–Trinajstić information content (AvgIpc) is 2.79. The van der Waals surface area contributed by atoms with Crippen LogP contribution in [0.3, 0.4) is 0 Å². The van der Waals surface area contributed by atoms with Gasteiger partial charge in [-0.1, -0.05) is 19.9 Å². The van der Waals surface area contributed by atoms with Crippen molar-refractivity contribution in [2.75, 3.05) is 19.8 Å². The normalized spacial score (nSPS) is 30.9. The fraction of sp³-hybridized carbons (Fsp3) is 0.625. The van der Waals surface area contributed by atoms with Crippen molar-refractivity contribution in [3.05, 3.63) is 23.8 Å². The molecule has 0 spiro atoms. The molecule has 2 aliphatic rings. The van der Waals surface area contributed by atoms with E-state index in [0.29, 0.717) is 25.0 Å². The largest absolute Gasteiger partial charge is 0.489 e. The summed E-state index contributed by atoms with van der Waals surface area (Å²) in [7, 11) is 0. The molecule has 0 aliphatic carbocycles. The first-order valence-electron chi connectivity index (χ1n) is 7.30. The molecule has 0 radical (unpaired) electrons. The molecular formula is C16H21ClO3. The van der Waals surface area contributed by atoms with Crippen LogP contribution < -0.4 is 9.47 Å². The lowest BCUT2D eigenvalue weighted by atomic mass is 9.97. The van der Waals surface area contributed by atoms with Crippen LogP contribution in [0.4, 0.5) is 0 Å². The molecule has 2 heterocycles. The van der Waals surface area contributed by atoms with Gasteiger partial charge in [-0.25, -0.2) is 0 Å². The van der Waals surface area contributed by atoms with Gasteiger partial charge in [0.05, 0.1) is 24.7 Å². The van der Waals surface area contributed by atoms with Crippen LogP contribution in [0.2, 0.25) is 0 Å². The van der Waals surface area contributed by atoms with E-state index in [-0.39, 0.29) is 11.5 Å². The molecule has 1 fully saturated rings. The number of hydrogen-bond acceptors (Lipinski definition) is 3. The molecule has 110 valence electrons. The third kappa shape index (κ3) is 2.75. The van der Waals surface area contributed by atoms with E-state index in [4.69, 9.17) is 25.8 Å². The van der Waals surface area contributed by atoms with Crippen LogP contribution in [0.25, 0.3) is 0 Å². The van der Waals surface area contributed by atoms with Crippen LogP contribution in [-0.2, 0) is 4.74 Å². The summed E-state index contributed by atoms with van der Waals surface area (Å²) in [6, 6.07) is 5.97. The van der Waals surface area contributed by atoms with Gasteiger partial charge in [0, 0.05) is 12.5 Å². The Morgan fingerprint density at radius 3 is 2.60 bits per heavy atom. The fourth-order valence-corrected chi connectivity index (χ4v) is 3.18. The summed E-state index contributed by atoms with van der Waals surface area (Å²) in [5.41, 5.74) is 1.04. The average molecular weight is 297 g/mol. The Kier molecular flexibility index (Phi) is 4.08. The van der Waals surface area contributed by atoms with Gasteiger partial charge in [0.2, 0.25) is 0 Å². The molecule has 0 N–H and O–H groups in total. The number of fused-ring (bicyclic) bond motifs is 1. The van der Waals surface area contributed by atoms with Crippen LogP contribution in [0.1, 0.15) is 31.2 Å². The van der Waals surface area contributed by atoms with E-state index in [9.17, 15) is 0 Å². The van der Waals surface area contributed by atoms with Crippen LogP contribution in [0.15, 0.2) is 18.2 Å². The maximum absolute atomic E-state index is 6.60. The number of benzene rings is 1. The lowest BCUT2D eigenvalue weighted by Gasteiger charge is -2.21. The second-order valence-electron chi connectivity index (χ2n) is 5.94. The van der Waals surface area contributed by atoms with Crippen molar-refractivity contribution >= 4 is 11.6 Å². The summed E-state index contributed by atoms with van der Waals surface area (Å²) in [6.07, 6.45) is 1.16. The molecule has 3 rings (SSSR count). The summed E-state index contributed by atoms with van der Waals surface area (Å²) in [5.74, 6) is 2.50. The van der Waals surface area contributed by atoms with Crippen molar-refractivity contribution in [1.82, 2.24) is 0 Å². The minimum Gasteiger partial charge on any atom is -0.489 e.